The molecule has 0 bridgehead atoms. The Balaban J connectivity index is 4.44. The Hall–Kier alpha value is -0.650. The third kappa shape index (κ3) is 10.3. The molecule has 1 amide bonds. The SMILES string of the molecule is COC(C)(C)CCOC(C)(C)C(=O)NC(C)(C)CCOC(C)(C)C. The van der Waals surface area contributed by atoms with E-state index in [1.807, 2.05) is 48.5 Å². The standard InChI is InChI=1S/C19H39NO4/c1-16(2,3)23-13-11-17(4,5)20-15(21)19(8,9)24-14-12-18(6,7)22-10/h11-14H2,1-10H3,(H,20,21). The summed E-state index contributed by atoms with van der Waals surface area (Å²) in [7, 11) is 1.68. The molecule has 0 aromatic carbocycles. The summed E-state index contributed by atoms with van der Waals surface area (Å²) in [6, 6.07) is 0. The van der Waals surface area contributed by atoms with Gasteiger partial charge >= 0.3 is 0 Å². The molecule has 0 aliphatic carbocycles. The average Bonchev–Trinajstić information content (AvgIpc) is 2.35. The van der Waals surface area contributed by atoms with E-state index in [0.717, 1.165) is 12.8 Å². The highest BCUT2D eigenvalue weighted by atomic mass is 16.5. The molecule has 0 radical (unpaired) electrons. The molecule has 0 saturated carbocycles. The molecule has 0 aliphatic rings. The van der Waals surface area contributed by atoms with E-state index in [1.165, 1.54) is 0 Å². The number of carbonyl (C=O) groups is 1. The molecular weight excluding hydrogens is 306 g/mol. The Morgan fingerprint density at radius 1 is 0.833 bits per heavy atom. The number of rotatable bonds is 10. The molecule has 0 aromatic heterocycles. The van der Waals surface area contributed by atoms with Gasteiger partial charge in [-0.15, -0.1) is 0 Å². The Morgan fingerprint density at radius 2 is 1.33 bits per heavy atom. The summed E-state index contributed by atoms with van der Waals surface area (Å²) < 4.78 is 16.9. The fourth-order valence-corrected chi connectivity index (χ4v) is 1.85. The maximum Gasteiger partial charge on any atom is 0.252 e. The summed E-state index contributed by atoms with van der Waals surface area (Å²) in [4.78, 5) is 12.6. The van der Waals surface area contributed by atoms with Gasteiger partial charge in [0.25, 0.3) is 5.91 Å². The molecule has 144 valence electrons. The fraction of sp³-hybridized carbons (Fsp3) is 0.947. The van der Waals surface area contributed by atoms with Crippen LogP contribution >= 0.6 is 0 Å². The van der Waals surface area contributed by atoms with Crippen molar-refractivity contribution >= 4 is 5.91 Å². The normalized spacial score (nSPS) is 13.9. The third-order valence-electron chi connectivity index (χ3n) is 3.98. The minimum Gasteiger partial charge on any atom is -0.379 e. The van der Waals surface area contributed by atoms with Crippen LogP contribution in [-0.4, -0.2) is 48.6 Å². The van der Waals surface area contributed by atoms with E-state index in [0.29, 0.717) is 13.2 Å². The minimum atomic E-state index is -0.883. The Kier molecular flexibility index (Phi) is 8.40. The first-order valence-electron chi connectivity index (χ1n) is 8.76. The van der Waals surface area contributed by atoms with Gasteiger partial charge in [0.1, 0.15) is 5.60 Å². The molecule has 0 fully saturated rings. The first kappa shape index (κ1) is 23.4. The number of ether oxygens (including phenoxy) is 3. The van der Waals surface area contributed by atoms with E-state index in [1.54, 1.807) is 21.0 Å². The molecule has 0 rings (SSSR count). The van der Waals surface area contributed by atoms with Gasteiger partial charge in [0.2, 0.25) is 0 Å². The molecule has 0 aliphatic heterocycles. The molecule has 0 heterocycles. The number of hydrogen-bond donors (Lipinski definition) is 1. The molecule has 0 unspecified atom stereocenters. The molecule has 5 heteroatoms. The fourth-order valence-electron chi connectivity index (χ4n) is 1.85. The van der Waals surface area contributed by atoms with E-state index in [-0.39, 0.29) is 22.6 Å². The van der Waals surface area contributed by atoms with Gasteiger partial charge in [-0.05, 0) is 75.2 Å². The minimum absolute atomic E-state index is 0.113. The van der Waals surface area contributed by atoms with Crippen LogP contribution in [0.1, 0.15) is 75.2 Å². The molecule has 1 N–H and O–H groups in total. The van der Waals surface area contributed by atoms with Gasteiger partial charge in [-0.3, -0.25) is 4.79 Å². The first-order valence-corrected chi connectivity index (χ1v) is 8.76. The van der Waals surface area contributed by atoms with Crippen molar-refractivity contribution in [1.82, 2.24) is 5.32 Å². The van der Waals surface area contributed by atoms with Crippen molar-refractivity contribution in [3.63, 3.8) is 0 Å². The van der Waals surface area contributed by atoms with E-state index < -0.39 is 5.60 Å². The highest BCUT2D eigenvalue weighted by Crippen LogP contribution is 2.19. The quantitative estimate of drug-likeness (QED) is 0.656. The molecule has 0 spiro atoms. The smallest absolute Gasteiger partial charge is 0.252 e. The monoisotopic (exact) mass is 345 g/mol. The Labute approximate surface area is 148 Å². The maximum absolute atomic E-state index is 12.6. The van der Waals surface area contributed by atoms with E-state index in [9.17, 15) is 4.79 Å². The second-order valence-corrected chi connectivity index (χ2v) is 9.12. The van der Waals surface area contributed by atoms with Crippen molar-refractivity contribution < 1.29 is 19.0 Å². The summed E-state index contributed by atoms with van der Waals surface area (Å²) in [5.74, 6) is -0.113. The number of methoxy groups -OCH3 is 1. The van der Waals surface area contributed by atoms with Crippen molar-refractivity contribution in [1.29, 1.82) is 0 Å². The van der Waals surface area contributed by atoms with Crippen LogP contribution in [-0.2, 0) is 19.0 Å². The Bertz CT molecular complexity index is 395. The number of nitrogens with one attached hydrogen (secondary N) is 1. The second-order valence-electron chi connectivity index (χ2n) is 9.12. The van der Waals surface area contributed by atoms with Crippen LogP contribution in [0.2, 0.25) is 0 Å². The van der Waals surface area contributed by atoms with Crippen LogP contribution in [0.25, 0.3) is 0 Å². The van der Waals surface area contributed by atoms with Crippen LogP contribution in [0.4, 0.5) is 0 Å². The second kappa shape index (κ2) is 8.63. The highest BCUT2D eigenvalue weighted by molar-refractivity contribution is 5.84. The predicted molar refractivity (Wildman–Crippen MR) is 98.3 cm³/mol. The molecule has 5 nitrogen and oxygen atoms in total. The van der Waals surface area contributed by atoms with Gasteiger partial charge in [0.15, 0.2) is 0 Å². The summed E-state index contributed by atoms with van der Waals surface area (Å²) in [5, 5.41) is 3.07. The predicted octanol–water partition coefficient (Wildman–Crippen LogP) is 3.70. The van der Waals surface area contributed by atoms with Gasteiger partial charge in [-0.25, -0.2) is 0 Å². The lowest BCUT2D eigenvalue weighted by molar-refractivity contribution is -0.147. The topological polar surface area (TPSA) is 56.8 Å². The van der Waals surface area contributed by atoms with Gasteiger partial charge in [-0.2, -0.15) is 0 Å². The summed E-state index contributed by atoms with van der Waals surface area (Å²) in [5.41, 5.74) is -1.66. The summed E-state index contributed by atoms with van der Waals surface area (Å²) >= 11 is 0. The van der Waals surface area contributed by atoms with Crippen LogP contribution in [0.3, 0.4) is 0 Å². The van der Waals surface area contributed by atoms with Crippen molar-refractivity contribution in [2.24, 2.45) is 0 Å². The van der Waals surface area contributed by atoms with Crippen LogP contribution in [0, 0.1) is 0 Å². The first-order chi connectivity index (χ1) is 10.6. The highest BCUT2D eigenvalue weighted by Gasteiger charge is 2.33. The molecule has 24 heavy (non-hydrogen) atoms. The largest absolute Gasteiger partial charge is 0.379 e. The zero-order valence-corrected chi connectivity index (χ0v) is 17.5. The Morgan fingerprint density at radius 3 is 1.79 bits per heavy atom. The molecule has 0 saturated heterocycles. The molecule has 0 aromatic rings. The average molecular weight is 346 g/mol. The molecular formula is C19H39NO4. The van der Waals surface area contributed by atoms with Crippen molar-refractivity contribution in [2.75, 3.05) is 20.3 Å². The summed E-state index contributed by atoms with van der Waals surface area (Å²) in [6.45, 7) is 18.7. The van der Waals surface area contributed by atoms with Crippen LogP contribution in [0.5, 0.6) is 0 Å². The lowest BCUT2D eigenvalue weighted by atomic mass is 9.98. The zero-order chi connectivity index (χ0) is 19.2. The van der Waals surface area contributed by atoms with Gasteiger partial charge in [-0.1, -0.05) is 0 Å². The molecule has 0 atom stereocenters. The van der Waals surface area contributed by atoms with Crippen molar-refractivity contribution in [3.8, 4) is 0 Å². The number of hydrogen-bond acceptors (Lipinski definition) is 4. The van der Waals surface area contributed by atoms with Crippen LogP contribution in [0.15, 0.2) is 0 Å². The van der Waals surface area contributed by atoms with Crippen molar-refractivity contribution in [2.45, 2.75) is 97.5 Å². The van der Waals surface area contributed by atoms with E-state index in [4.69, 9.17) is 14.2 Å². The number of amides is 1. The lowest BCUT2D eigenvalue weighted by Gasteiger charge is -2.33. The number of carbonyl (C=O) groups excluding carboxylic acids is 1. The van der Waals surface area contributed by atoms with Gasteiger partial charge in [0.05, 0.1) is 17.8 Å². The van der Waals surface area contributed by atoms with E-state index in [2.05, 4.69) is 5.32 Å². The van der Waals surface area contributed by atoms with E-state index >= 15 is 0 Å². The van der Waals surface area contributed by atoms with Crippen molar-refractivity contribution in [3.05, 3.63) is 0 Å². The maximum atomic E-state index is 12.6. The lowest BCUT2D eigenvalue weighted by Crippen LogP contribution is -2.53. The van der Waals surface area contributed by atoms with Gasteiger partial charge in [0, 0.05) is 19.3 Å². The van der Waals surface area contributed by atoms with Gasteiger partial charge < -0.3 is 19.5 Å². The third-order valence-corrected chi connectivity index (χ3v) is 3.98. The summed E-state index contributed by atoms with van der Waals surface area (Å²) in [6.07, 6.45) is 1.46. The zero-order valence-electron chi connectivity index (χ0n) is 17.5. The van der Waals surface area contributed by atoms with Crippen LogP contribution < -0.4 is 5.32 Å².